The summed E-state index contributed by atoms with van der Waals surface area (Å²) >= 11 is 1.49. The highest BCUT2D eigenvalue weighted by atomic mass is 32.2. The number of ether oxygens (including phenoxy) is 1. The molecule has 1 aromatic heterocycles. The van der Waals surface area contributed by atoms with Crippen molar-refractivity contribution in [1.82, 2.24) is 15.2 Å². The first-order valence-electron chi connectivity index (χ1n) is 7.25. The number of hydrogen-bond donors (Lipinski definition) is 1. The predicted molar refractivity (Wildman–Crippen MR) is 84.8 cm³/mol. The second-order valence-corrected chi connectivity index (χ2v) is 6.13. The van der Waals surface area contributed by atoms with E-state index in [1.807, 2.05) is 12.3 Å². The molecular formula is C15H23N3O2S. The molecule has 1 saturated heterocycles. The van der Waals surface area contributed by atoms with Crippen LogP contribution in [0.25, 0.3) is 0 Å². The van der Waals surface area contributed by atoms with Gasteiger partial charge in [0.2, 0.25) is 0 Å². The molecular weight excluding hydrogens is 286 g/mol. The van der Waals surface area contributed by atoms with E-state index in [1.165, 1.54) is 11.8 Å². The molecule has 2 rings (SSSR count). The second-order valence-electron chi connectivity index (χ2n) is 5.33. The maximum absolute atomic E-state index is 12.2. The Hall–Kier alpha value is -1.11. The Balaban J connectivity index is 1.81. The van der Waals surface area contributed by atoms with Gasteiger partial charge < -0.3 is 10.1 Å². The van der Waals surface area contributed by atoms with Crippen LogP contribution in [0.5, 0.6) is 0 Å². The number of morpholine rings is 1. The average Bonchev–Trinajstić information content (AvgIpc) is 2.46. The number of hydrogen-bond acceptors (Lipinski definition) is 5. The number of rotatable bonds is 5. The summed E-state index contributed by atoms with van der Waals surface area (Å²) in [5, 5.41) is 3.74. The van der Waals surface area contributed by atoms with E-state index in [9.17, 15) is 4.79 Å². The van der Waals surface area contributed by atoms with Crippen molar-refractivity contribution < 1.29 is 9.53 Å². The summed E-state index contributed by atoms with van der Waals surface area (Å²) in [6.45, 7) is 7.50. The first kappa shape index (κ1) is 16.3. The molecule has 0 aromatic carbocycles. The van der Waals surface area contributed by atoms with Crippen molar-refractivity contribution in [3.8, 4) is 0 Å². The maximum Gasteiger partial charge on any atom is 0.254 e. The van der Waals surface area contributed by atoms with E-state index in [-0.39, 0.29) is 18.1 Å². The van der Waals surface area contributed by atoms with Gasteiger partial charge in [-0.1, -0.05) is 0 Å². The van der Waals surface area contributed by atoms with Crippen molar-refractivity contribution >= 4 is 17.7 Å². The number of carbonyl (C=O) groups excluding carboxylic acids is 1. The quantitative estimate of drug-likeness (QED) is 0.838. The molecule has 0 aliphatic carbocycles. The summed E-state index contributed by atoms with van der Waals surface area (Å²) in [7, 11) is 0. The minimum atomic E-state index is -0.0539. The molecule has 6 heteroatoms. The Morgan fingerprint density at radius 1 is 1.48 bits per heavy atom. The van der Waals surface area contributed by atoms with Gasteiger partial charge >= 0.3 is 0 Å². The fourth-order valence-corrected chi connectivity index (χ4v) is 3.16. The zero-order chi connectivity index (χ0) is 15.2. The van der Waals surface area contributed by atoms with Crippen molar-refractivity contribution in [2.45, 2.75) is 31.1 Å². The number of aromatic nitrogens is 1. The van der Waals surface area contributed by atoms with E-state index in [2.05, 4.69) is 29.0 Å². The Kier molecular flexibility index (Phi) is 6.02. The van der Waals surface area contributed by atoms with Crippen LogP contribution < -0.4 is 5.32 Å². The van der Waals surface area contributed by atoms with Gasteiger partial charge in [0, 0.05) is 32.4 Å². The first-order valence-corrected chi connectivity index (χ1v) is 8.47. The van der Waals surface area contributed by atoms with Crippen LogP contribution in [0.2, 0.25) is 0 Å². The maximum atomic E-state index is 12.2. The Labute approximate surface area is 130 Å². The summed E-state index contributed by atoms with van der Waals surface area (Å²) in [6.07, 6.45) is 4.14. The van der Waals surface area contributed by atoms with Gasteiger partial charge in [0.25, 0.3) is 5.91 Å². The third-order valence-corrected chi connectivity index (χ3v) is 4.13. The monoisotopic (exact) mass is 309 g/mol. The molecule has 2 heterocycles. The SMILES string of the molecule is CSc1ncccc1C(=O)NCCN1CC(C)OC(C)C1. The molecule has 1 fully saturated rings. The van der Waals surface area contributed by atoms with Gasteiger partial charge in [0.05, 0.1) is 17.8 Å². The molecule has 0 bridgehead atoms. The van der Waals surface area contributed by atoms with Crippen LogP contribution in [0.15, 0.2) is 23.4 Å². The van der Waals surface area contributed by atoms with Crippen molar-refractivity contribution in [1.29, 1.82) is 0 Å². The standard InChI is InChI=1S/C15H23N3O2S/c1-11-9-18(10-12(2)20-11)8-7-16-14(19)13-5-4-6-17-15(13)21-3/h4-6,11-12H,7-10H2,1-3H3,(H,16,19). The molecule has 1 aliphatic heterocycles. The van der Waals surface area contributed by atoms with E-state index in [1.54, 1.807) is 12.3 Å². The first-order chi connectivity index (χ1) is 10.1. The van der Waals surface area contributed by atoms with Gasteiger partial charge in [0.15, 0.2) is 0 Å². The van der Waals surface area contributed by atoms with Crippen molar-refractivity contribution in [2.24, 2.45) is 0 Å². The molecule has 1 amide bonds. The molecule has 1 aliphatic rings. The largest absolute Gasteiger partial charge is 0.373 e. The van der Waals surface area contributed by atoms with Gasteiger partial charge in [-0.05, 0) is 32.2 Å². The van der Waals surface area contributed by atoms with E-state index >= 15 is 0 Å². The van der Waals surface area contributed by atoms with Crippen molar-refractivity contribution in [3.05, 3.63) is 23.9 Å². The number of nitrogens with zero attached hydrogens (tertiary/aromatic N) is 2. The molecule has 2 atom stereocenters. The molecule has 0 spiro atoms. The molecule has 116 valence electrons. The van der Waals surface area contributed by atoms with Crippen LogP contribution in [-0.4, -0.2) is 60.4 Å². The lowest BCUT2D eigenvalue weighted by atomic mass is 10.2. The average molecular weight is 309 g/mol. The lowest BCUT2D eigenvalue weighted by molar-refractivity contribution is -0.0672. The molecule has 0 radical (unpaired) electrons. The van der Waals surface area contributed by atoms with Crippen LogP contribution in [0.4, 0.5) is 0 Å². The van der Waals surface area contributed by atoms with E-state index in [0.717, 1.165) is 24.7 Å². The normalized spacial score (nSPS) is 23.0. The van der Waals surface area contributed by atoms with Crippen molar-refractivity contribution in [2.75, 3.05) is 32.4 Å². The van der Waals surface area contributed by atoms with E-state index < -0.39 is 0 Å². The molecule has 5 nitrogen and oxygen atoms in total. The highest BCUT2D eigenvalue weighted by Gasteiger charge is 2.21. The highest BCUT2D eigenvalue weighted by Crippen LogP contribution is 2.16. The summed E-state index contributed by atoms with van der Waals surface area (Å²) in [4.78, 5) is 18.7. The summed E-state index contributed by atoms with van der Waals surface area (Å²) in [5.41, 5.74) is 0.647. The van der Waals surface area contributed by atoms with Gasteiger partial charge in [-0.3, -0.25) is 9.69 Å². The van der Waals surface area contributed by atoms with Crippen molar-refractivity contribution in [3.63, 3.8) is 0 Å². The molecule has 1 aromatic rings. The number of amides is 1. The smallest absolute Gasteiger partial charge is 0.254 e. The minimum absolute atomic E-state index is 0.0539. The third kappa shape index (κ3) is 4.69. The third-order valence-electron chi connectivity index (χ3n) is 3.42. The minimum Gasteiger partial charge on any atom is -0.373 e. The Bertz CT molecular complexity index is 474. The van der Waals surface area contributed by atoms with E-state index in [0.29, 0.717) is 12.1 Å². The van der Waals surface area contributed by atoms with Gasteiger partial charge in [-0.25, -0.2) is 4.98 Å². The number of thioether (sulfide) groups is 1. The van der Waals surface area contributed by atoms with Gasteiger partial charge in [-0.2, -0.15) is 0 Å². The predicted octanol–water partition coefficient (Wildman–Crippen LogP) is 1.64. The Morgan fingerprint density at radius 2 is 2.19 bits per heavy atom. The Morgan fingerprint density at radius 3 is 2.86 bits per heavy atom. The second kappa shape index (κ2) is 7.77. The molecule has 0 saturated carbocycles. The molecule has 2 unspecified atom stereocenters. The van der Waals surface area contributed by atoms with Gasteiger partial charge in [-0.15, -0.1) is 11.8 Å². The summed E-state index contributed by atoms with van der Waals surface area (Å²) in [5.74, 6) is -0.0539. The fourth-order valence-electron chi connectivity index (χ4n) is 2.62. The lowest BCUT2D eigenvalue weighted by Crippen LogP contribution is -2.47. The number of pyridine rings is 1. The fraction of sp³-hybridized carbons (Fsp3) is 0.600. The molecule has 21 heavy (non-hydrogen) atoms. The summed E-state index contributed by atoms with van der Waals surface area (Å²) in [6, 6.07) is 3.60. The van der Waals surface area contributed by atoms with Crippen LogP contribution in [0, 0.1) is 0 Å². The topological polar surface area (TPSA) is 54.5 Å². The zero-order valence-electron chi connectivity index (χ0n) is 12.8. The number of carbonyl (C=O) groups is 1. The van der Waals surface area contributed by atoms with Crippen LogP contribution in [0.3, 0.4) is 0 Å². The highest BCUT2D eigenvalue weighted by molar-refractivity contribution is 7.98. The number of nitrogens with one attached hydrogen (secondary N) is 1. The molecule has 1 N–H and O–H groups in total. The zero-order valence-corrected chi connectivity index (χ0v) is 13.7. The lowest BCUT2D eigenvalue weighted by Gasteiger charge is -2.35. The summed E-state index contributed by atoms with van der Waals surface area (Å²) < 4.78 is 5.70. The van der Waals surface area contributed by atoms with Crippen LogP contribution >= 0.6 is 11.8 Å². The van der Waals surface area contributed by atoms with Crippen LogP contribution in [0.1, 0.15) is 24.2 Å². The van der Waals surface area contributed by atoms with Gasteiger partial charge in [0.1, 0.15) is 5.03 Å². The van der Waals surface area contributed by atoms with E-state index in [4.69, 9.17) is 4.74 Å². The van der Waals surface area contributed by atoms with Crippen LogP contribution in [-0.2, 0) is 4.74 Å².